The van der Waals surface area contributed by atoms with Crippen molar-refractivity contribution in [2.24, 2.45) is 0 Å². The Morgan fingerprint density at radius 3 is 2.72 bits per heavy atom. The van der Waals surface area contributed by atoms with E-state index in [-0.39, 0.29) is 5.69 Å². The Morgan fingerprint density at radius 1 is 1.22 bits per heavy atom. The summed E-state index contributed by atoms with van der Waals surface area (Å²) < 4.78 is 14.7. The fourth-order valence-corrected chi connectivity index (χ4v) is 2.06. The van der Waals surface area contributed by atoms with Gasteiger partial charge in [-0.2, -0.15) is 0 Å². The summed E-state index contributed by atoms with van der Waals surface area (Å²) in [6.07, 6.45) is 1.50. The van der Waals surface area contributed by atoms with Crippen LogP contribution in [0.3, 0.4) is 0 Å². The molecule has 0 radical (unpaired) electrons. The van der Waals surface area contributed by atoms with E-state index < -0.39 is 11.7 Å². The van der Waals surface area contributed by atoms with E-state index in [0.29, 0.717) is 14.6 Å². The molecular formula is C12H7Br2FN2O. The van der Waals surface area contributed by atoms with Crippen molar-refractivity contribution >= 4 is 43.5 Å². The lowest BCUT2D eigenvalue weighted by Crippen LogP contribution is -2.13. The van der Waals surface area contributed by atoms with E-state index >= 15 is 0 Å². The molecule has 92 valence electrons. The number of aromatic nitrogens is 1. The quantitative estimate of drug-likeness (QED) is 0.808. The molecule has 1 amide bonds. The third-order valence-corrected chi connectivity index (χ3v) is 3.09. The first-order valence-electron chi connectivity index (χ1n) is 4.94. The molecule has 6 heteroatoms. The van der Waals surface area contributed by atoms with Crippen molar-refractivity contribution in [3.63, 3.8) is 0 Å². The van der Waals surface area contributed by atoms with Crippen LogP contribution in [0, 0.1) is 5.82 Å². The first-order chi connectivity index (χ1) is 8.56. The van der Waals surface area contributed by atoms with Gasteiger partial charge in [0.1, 0.15) is 10.4 Å². The summed E-state index contributed by atoms with van der Waals surface area (Å²) in [6, 6.07) is 7.46. The Morgan fingerprint density at radius 2 is 2.00 bits per heavy atom. The number of carbonyl (C=O) groups is 1. The first-order valence-corrected chi connectivity index (χ1v) is 6.53. The van der Waals surface area contributed by atoms with Crippen molar-refractivity contribution < 1.29 is 9.18 Å². The van der Waals surface area contributed by atoms with E-state index in [9.17, 15) is 9.18 Å². The molecule has 1 heterocycles. The smallest absolute Gasteiger partial charge is 0.255 e. The van der Waals surface area contributed by atoms with Crippen LogP contribution in [0.4, 0.5) is 10.1 Å². The van der Waals surface area contributed by atoms with Crippen molar-refractivity contribution in [2.75, 3.05) is 5.32 Å². The van der Waals surface area contributed by atoms with Crippen molar-refractivity contribution in [1.29, 1.82) is 0 Å². The van der Waals surface area contributed by atoms with Gasteiger partial charge in [-0.1, -0.05) is 15.9 Å². The van der Waals surface area contributed by atoms with E-state index in [1.54, 1.807) is 18.2 Å². The molecule has 1 aromatic heterocycles. The number of nitrogens with one attached hydrogen (secondary N) is 1. The van der Waals surface area contributed by atoms with Crippen molar-refractivity contribution in [3.8, 4) is 0 Å². The molecule has 0 spiro atoms. The summed E-state index contributed by atoms with van der Waals surface area (Å²) in [4.78, 5) is 15.8. The molecule has 0 bridgehead atoms. The standard InChI is InChI=1S/C12H7Br2FN2O/c13-8-1-2-9(15)10(6-8)17-12(18)7-3-4-16-11(14)5-7/h1-6H,(H,17,18). The Labute approximate surface area is 120 Å². The van der Waals surface area contributed by atoms with Gasteiger partial charge < -0.3 is 5.32 Å². The molecule has 0 fully saturated rings. The van der Waals surface area contributed by atoms with Gasteiger partial charge in [0.05, 0.1) is 5.69 Å². The topological polar surface area (TPSA) is 42.0 Å². The molecule has 1 aromatic carbocycles. The number of nitrogens with zero attached hydrogens (tertiary/aromatic N) is 1. The van der Waals surface area contributed by atoms with E-state index in [1.165, 1.54) is 18.3 Å². The van der Waals surface area contributed by atoms with Gasteiger partial charge in [-0.25, -0.2) is 9.37 Å². The molecule has 3 nitrogen and oxygen atoms in total. The van der Waals surface area contributed by atoms with Crippen LogP contribution < -0.4 is 5.32 Å². The highest BCUT2D eigenvalue weighted by molar-refractivity contribution is 9.10. The molecule has 2 aromatic rings. The SMILES string of the molecule is O=C(Nc1cc(Br)ccc1F)c1ccnc(Br)c1. The summed E-state index contributed by atoms with van der Waals surface area (Å²) in [7, 11) is 0. The fraction of sp³-hybridized carbons (Fsp3) is 0. The number of rotatable bonds is 2. The normalized spacial score (nSPS) is 10.2. The summed E-state index contributed by atoms with van der Waals surface area (Å²) >= 11 is 6.39. The highest BCUT2D eigenvalue weighted by Gasteiger charge is 2.10. The summed E-state index contributed by atoms with van der Waals surface area (Å²) in [5.74, 6) is -0.880. The summed E-state index contributed by atoms with van der Waals surface area (Å²) in [6.45, 7) is 0. The lowest BCUT2D eigenvalue weighted by atomic mass is 10.2. The molecule has 2 rings (SSSR count). The summed E-state index contributed by atoms with van der Waals surface area (Å²) in [5.41, 5.74) is 0.526. The number of amides is 1. The van der Waals surface area contributed by atoms with Crippen LogP contribution in [-0.4, -0.2) is 10.9 Å². The average molecular weight is 374 g/mol. The summed E-state index contributed by atoms with van der Waals surface area (Å²) in [5, 5.41) is 2.50. The second kappa shape index (κ2) is 5.58. The van der Waals surface area contributed by atoms with Gasteiger partial charge in [0.15, 0.2) is 0 Å². The third kappa shape index (κ3) is 3.14. The number of carbonyl (C=O) groups excluding carboxylic acids is 1. The zero-order valence-electron chi connectivity index (χ0n) is 8.95. The Kier molecular flexibility index (Phi) is 4.08. The van der Waals surface area contributed by atoms with Crippen LogP contribution in [-0.2, 0) is 0 Å². The van der Waals surface area contributed by atoms with E-state index in [4.69, 9.17) is 0 Å². The van der Waals surface area contributed by atoms with Gasteiger partial charge in [-0.3, -0.25) is 4.79 Å². The molecule has 0 aliphatic carbocycles. The minimum atomic E-state index is -0.486. The van der Waals surface area contributed by atoms with Crippen LogP contribution in [0.15, 0.2) is 45.6 Å². The Balaban J connectivity index is 2.24. The number of hydrogen-bond donors (Lipinski definition) is 1. The van der Waals surface area contributed by atoms with E-state index in [1.807, 2.05) is 0 Å². The lowest BCUT2D eigenvalue weighted by Gasteiger charge is -2.07. The first kappa shape index (κ1) is 13.2. The average Bonchev–Trinajstić information content (AvgIpc) is 2.34. The minimum absolute atomic E-state index is 0.127. The van der Waals surface area contributed by atoms with Crippen molar-refractivity contribution in [1.82, 2.24) is 4.98 Å². The monoisotopic (exact) mass is 372 g/mol. The van der Waals surface area contributed by atoms with Crippen LogP contribution in [0.25, 0.3) is 0 Å². The number of pyridine rings is 1. The number of anilines is 1. The van der Waals surface area contributed by atoms with Crippen LogP contribution in [0.2, 0.25) is 0 Å². The zero-order valence-corrected chi connectivity index (χ0v) is 12.1. The molecule has 0 aliphatic rings. The van der Waals surface area contributed by atoms with Crippen LogP contribution in [0.5, 0.6) is 0 Å². The van der Waals surface area contributed by atoms with E-state index in [0.717, 1.165) is 0 Å². The van der Waals surface area contributed by atoms with Gasteiger partial charge in [-0.15, -0.1) is 0 Å². The minimum Gasteiger partial charge on any atom is -0.319 e. The van der Waals surface area contributed by atoms with Gasteiger partial charge >= 0.3 is 0 Å². The Bertz CT molecular complexity index is 604. The largest absolute Gasteiger partial charge is 0.319 e. The molecule has 0 saturated carbocycles. The fourth-order valence-electron chi connectivity index (χ4n) is 1.33. The van der Waals surface area contributed by atoms with Gasteiger partial charge in [0.2, 0.25) is 0 Å². The second-order valence-corrected chi connectivity index (χ2v) is 5.17. The van der Waals surface area contributed by atoms with E-state index in [2.05, 4.69) is 42.2 Å². The molecule has 0 saturated heterocycles. The molecule has 1 N–H and O–H groups in total. The highest BCUT2D eigenvalue weighted by Crippen LogP contribution is 2.21. The number of benzene rings is 1. The highest BCUT2D eigenvalue weighted by atomic mass is 79.9. The maximum Gasteiger partial charge on any atom is 0.255 e. The predicted octanol–water partition coefficient (Wildman–Crippen LogP) is 4.00. The Hall–Kier alpha value is -1.27. The van der Waals surface area contributed by atoms with Gasteiger partial charge in [0, 0.05) is 16.2 Å². The molecule has 0 atom stereocenters. The zero-order chi connectivity index (χ0) is 13.1. The predicted molar refractivity (Wildman–Crippen MR) is 74.0 cm³/mol. The molecule has 0 unspecified atom stereocenters. The maximum absolute atomic E-state index is 13.5. The third-order valence-electron chi connectivity index (χ3n) is 2.17. The van der Waals surface area contributed by atoms with Crippen molar-refractivity contribution in [2.45, 2.75) is 0 Å². The molecular weight excluding hydrogens is 367 g/mol. The van der Waals surface area contributed by atoms with Crippen LogP contribution >= 0.6 is 31.9 Å². The second-order valence-electron chi connectivity index (χ2n) is 3.45. The lowest BCUT2D eigenvalue weighted by molar-refractivity contribution is 0.102. The maximum atomic E-state index is 13.5. The van der Waals surface area contributed by atoms with Crippen LogP contribution in [0.1, 0.15) is 10.4 Å². The number of halogens is 3. The van der Waals surface area contributed by atoms with Crippen molar-refractivity contribution in [3.05, 3.63) is 57.0 Å². The number of hydrogen-bond acceptors (Lipinski definition) is 2. The van der Waals surface area contributed by atoms with Gasteiger partial charge in [0.25, 0.3) is 5.91 Å². The molecule has 0 aliphatic heterocycles. The van der Waals surface area contributed by atoms with Gasteiger partial charge in [-0.05, 0) is 46.3 Å². The molecule has 18 heavy (non-hydrogen) atoms.